The summed E-state index contributed by atoms with van der Waals surface area (Å²) in [7, 11) is 0. The number of pyridine rings is 4. The summed E-state index contributed by atoms with van der Waals surface area (Å²) in [6.07, 6.45) is 4.78. The van der Waals surface area contributed by atoms with Crippen LogP contribution in [0.25, 0.3) is 56.8 Å². The lowest BCUT2D eigenvalue weighted by molar-refractivity contribution is 0.0651. The number of carboxylic acids is 4. The molecule has 0 fully saturated rings. The monoisotopic (exact) mass is 618 g/mol. The molecule has 14 nitrogen and oxygen atoms in total. The highest BCUT2D eigenvalue weighted by atomic mass is 16.4. The molecule has 0 radical (unpaired) electrons. The van der Waals surface area contributed by atoms with Gasteiger partial charge in [0.15, 0.2) is 0 Å². The Hall–Kier alpha value is -6.96. The van der Waals surface area contributed by atoms with Crippen molar-refractivity contribution in [3.63, 3.8) is 0 Å². The molecule has 226 valence electrons. The second-order valence-electron chi connectivity index (χ2n) is 9.66. The van der Waals surface area contributed by atoms with Gasteiger partial charge in [-0.3, -0.25) is 9.97 Å². The molecule has 6 aromatic heterocycles. The third-order valence-electron chi connectivity index (χ3n) is 6.78. The molecule has 0 bridgehead atoms. The van der Waals surface area contributed by atoms with Gasteiger partial charge in [0, 0.05) is 23.5 Å². The van der Waals surface area contributed by atoms with E-state index in [1.807, 2.05) is 0 Å². The number of rotatable bonds is 9. The normalized spacial score (nSPS) is 10.9. The molecule has 6 heterocycles. The maximum absolute atomic E-state index is 11.9. The van der Waals surface area contributed by atoms with Crippen LogP contribution in [0.2, 0.25) is 0 Å². The van der Waals surface area contributed by atoms with Crippen LogP contribution in [-0.4, -0.2) is 64.2 Å². The zero-order chi connectivity index (χ0) is 32.5. The Morgan fingerprint density at radius 1 is 0.478 bits per heavy atom. The van der Waals surface area contributed by atoms with E-state index < -0.39 is 46.1 Å². The smallest absolute Gasteiger partial charge is 0.338 e. The van der Waals surface area contributed by atoms with Gasteiger partial charge in [0.25, 0.3) is 0 Å². The van der Waals surface area contributed by atoms with Gasteiger partial charge in [0.1, 0.15) is 11.5 Å². The Morgan fingerprint density at radius 2 is 0.826 bits per heavy atom. The van der Waals surface area contributed by atoms with Gasteiger partial charge in [0.2, 0.25) is 0 Å². The lowest BCUT2D eigenvalue weighted by atomic mass is 10.0. The summed E-state index contributed by atoms with van der Waals surface area (Å²) < 4.78 is 11.2. The van der Waals surface area contributed by atoms with Gasteiger partial charge in [-0.05, 0) is 60.7 Å². The Morgan fingerprint density at radius 3 is 1.13 bits per heavy atom. The molecule has 0 aliphatic carbocycles. The van der Waals surface area contributed by atoms with Gasteiger partial charge in [-0.1, -0.05) is 0 Å². The van der Waals surface area contributed by atoms with Crippen LogP contribution in [0.4, 0.5) is 0 Å². The first kappa shape index (κ1) is 29.1. The number of aromatic nitrogens is 4. The molecule has 0 saturated carbocycles. The quantitative estimate of drug-likeness (QED) is 0.155. The van der Waals surface area contributed by atoms with Crippen LogP contribution in [0.1, 0.15) is 41.4 Å². The summed E-state index contributed by atoms with van der Waals surface area (Å²) in [6.45, 7) is 0. The predicted molar refractivity (Wildman–Crippen MR) is 157 cm³/mol. The Bertz CT molecular complexity index is 2020. The van der Waals surface area contributed by atoms with Crippen molar-refractivity contribution in [2.75, 3.05) is 0 Å². The van der Waals surface area contributed by atoms with Crippen LogP contribution in [0.3, 0.4) is 0 Å². The molecule has 0 amide bonds. The number of carboxylic acid groups (broad SMARTS) is 4. The number of hydrogen-bond donors (Lipinski definition) is 4. The average Bonchev–Trinajstić information content (AvgIpc) is 3.79. The zero-order valence-corrected chi connectivity index (χ0v) is 23.1. The number of carbonyl (C=O) groups is 4. The number of nitrogens with zero attached hydrogens (tertiary/aromatic N) is 4. The number of aromatic carboxylic acids is 4. The third kappa shape index (κ3) is 5.56. The first-order valence-electron chi connectivity index (χ1n) is 13.2. The van der Waals surface area contributed by atoms with Crippen LogP contribution >= 0.6 is 0 Å². The van der Waals surface area contributed by atoms with E-state index in [0.717, 1.165) is 24.5 Å². The van der Waals surface area contributed by atoms with E-state index in [2.05, 4.69) is 19.9 Å². The highest BCUT2D eigenvalue weighted by molar-refractivity contribution is 6.03. The van der Waals surface area contributed by atoms with Crippen molar-refractivity contribution in [2.24, 2.45) is 0 Å². The van der Waals surface area contributed by atoms with Crippen molar-refractivity contribution in [1.82, 2.24) is 19.9 Å². The minimum atomic E-state index is -1.47. The average molecular weight is 619 g/mol. The predicted octanol–water partition coefficient (Wildman–Crippen LogP) is 5.58. The molecular formula is C32H18N4O10. The Labute approximate surface area is 256 Å². The van der Waals surface area contributed by atoms with E-state index in [0.29, 0.717) is 22.6 Å². The van der Waals surface area contributed by atoms with E-state index in [9.17, 15) is 39.6 Å². The van der Waals surface area contributed by atoms with Gasteiger partial charge < -0.3 is 29.3 Å². The van der Waals surface area contributed by atoms with Gasteiger partial charge in [-0.15, -0.1) is 0 Å². The van der Waals surface area contributed by atoms with Gasteiger partial charge in [-0.2, -0.15) is 0 Å². The fourth-order valence-corrected chi connectivity index (χ4v) is 4.64. The molecule has 0 saturated heterocycles. The molecule has 0 unspecified atom stereocenters. The summed E-state index contributed by atoms with van der Waals surface area (Å²) in [5.74, 6) is -5.02. The van der Waals surface area contributed by atoms with Crippen LogP contribution in [0, 0.1) is 0 Å². The maximum Gasteiger partial charge on any atom is 0.338 e. The number of furan rings is 2. The van der Waals surface area contributed by atoms with E-state index >= 15 is 0 Å². The first-order valence-corrected chi connectivity index (χ1v) is 13.2. The minimum absolute atomic E-state index is 0.0523. The first-order chi connectivity index (χ1) is 22.1. The summed E-state index contributed by atoms with van der Waals surface area (Å²) in [5.41, 5.74) is -0.0990. The summed E-state index contributed by atoms with van der Waals surface area (Å²) in [6, 6.07) is 15.4. The maximum atomic E-state index is 11.9. The molecule has 6 rings (SSSR count). The summed E-state index contributed by atoms with van der Waals surface area (Å²) in [4.78, 5) is 64.6. The minimum Gasteiger partial charge on any atom is -0.478 e. The number of hydrogen-bond acceptors (Lipinski definition) is 10. The molecule has 14 heteroatoms. The molecule has 4 N–H and O–H groups in total. The fraction of sp³-hybridized carbons (Fsp3) is 0. The van der Waals surface area contributed by atoms with Gasteiger partial charge >= 0.3 is 23.9 Å². The highest BCUT2D eigenvalue weighted by Crippen LogP contribution is 2.34. The third-order valence-corrected chi connectivity index (χ3v) is 6.78. The van der Waals surface area contributed by atoms with Crippen molar-refractivity contribution in [3.8, 4) is 56.8 Å². The topological polar surface area (TPSA) is 227 Å². The molecule has 0 atom stereocenters. The molecule has 0 aliphatic heterocycles. The molecule has 0 aromatic carbocycles. The summed E-state index contributed by atoms with van der Waals surface area (Å²) >= 11 is 0. The van der Waals surface area contributed by atoms with Crippen LogP contribution in [0.15, 0.2) is 94.4 Å². The van der Waals surface area contributed by atoms with Gasteiger partial charge in [0.05, 0.1) is 68.9 Å². The van der Waals surface area contributed by atoms with Crippen LogP contribution in [-0.2, 0) is 0 Å². The van der Waals surface area contributed by atoms with E-state index in [4.69, 9.17) is 8.83 Å². The van der Waals surface area contributed by atoms with Crippen molar-refractivity contribution in [3.05, 3.63) is 108 Å². The molecule has 6 aromatic rings. The van der Waals surface area contributed by atoms with E-state index in [-0.39, 0.29) is 34.2 Å². The van der Waals surface area contributed by atoms with Crippen molar-refractivity contribution in [2.45, 2.75) is 0 Å². The standard InChI is InChI=1S/C32H18N4O10/c37-29(38)17-11-21(33-13-19(17)31(41)42)23-7-15(27-3-1-5-45-27)9-25(35-23)26-10-16(28-4-2-6-46-28)8-24(36-26)22-12-18(30(39)40)20(14-34-22)32(43)44/h1-14H,(H,37,38)(H,39,40)(H,41,42)(H,43,44). The summed E-state index contributed by atoms with van der Waals surface area (Å²) in [5, 5.41) is 38.2. The van der Waals surface area contributed by atoms with E-state index in [1.165, 1.54) is 12.5 Å². The fourth-order valence-electron chi connectivity index (χ4n) is 4.64. The SMILES string of the molecule is O=C(O)c1cnc(-c2cc(-c3ccco3)cc(-c3cc(-c4ccco4)cc(-c4cc(C(=O)O)c(C(=O)O)cn4)n3)n2)cc1C(=O)O. The van der Waals surface area contributed by atoms with Crippen LogP contribution in [0.5, 0.6) is 0 Å². The van der Waals surface area contributed by atoms with Crippen molar-refractivity contribution in [1.29, 1.82) is 0 Å². The van der Waals surface area contributed by atoms with Crippen molar-refractivity contribution >= 4 is 23.9 Å². The van der Waals surface area contributed by atoms with Crippen molar-refractivity contribution < 1.29 is 48.4 Å². The molecule has 0 aliphatic rings. The van der Waals surface area contributed by atoms with E-state index in [1.54, 1.807) is 48.5 Å². The second-order valence-corrected chi connectivity index (χ2v) is 9.66. The largest absolute Gasteiger partial charge is 0.478 e. The van der Waals surface area contributed by atoms with Crippen LogP contribution < -0.4 is 0 Å². The Balaban J connectivity index is 1.58. The highest BCUT2D eigenvalue weighted by Gasteiger charge is 2.22. The second kappa shape index (κ2) is 11.6. The molecular weight excluding hydrogens is 600 g/mol. The lowest BCUT2D eigenvalue weighted by Gasteiger charge is -2.12. The molecule has 0 spiro atoms. The van der Waals surface area contributed by atoms with Gasteiger partial charge in [-0.25, -0.2) is 29.1 Å². The Kier molecular flexibility index (Phi) is 7.35. The molecule has 46 heavy (non-hydrogen) atoms. The lowest BCUT2D eigenvalue weighted by Crippen LogP contribution is -2.09. The zero-order valence-electron chi connectivity index (χ0n) is 23.1.